The van der Waals surface area contributed by atoms with E-state index in [2.05, 4.69) is 21.0 Å². The molecule has 2 amide bonds. The minimum absolute atomic E-state index is 0.0116. The van der Waals surface area contributed by atoms with Crippen molar-refractivity contribution in [2.24, 2.45) is 5.92 Å². The van der Waals surface area contributed by atoms with Gasteiger partial charge in [0.2, 0.25) is 5.91 Å². The van der Waals surface area contributed by atoms with Gasteiger partial charge >= 0.3 is 5.97 Å². The Balaban J connectivity index is 1.47. The van der Waals surface area contributed by atoms with E-state index in [1.807, 2.05) is 0 Å². The molecule has 0 atom stereocenters. The number of carboxylic acid groups (broad SMARTS) is 1. The molecule has 1 fully saturated rings. The van der Waals surface area contributed by atoms with E-state index in [1.54, 1.807) is 24.3 Å². The first kappa shape index (κ1) is 25.5. The van der Waals surface area contributed by atoms with Gasteiger partial charge in [-0.2, -0.15) is 5.10 Å². The van der Waals surface area contributed by atoms with E-state index in [0.717, 1.165) is 12.8 Å². The number of carboxylic acids is 1. The lowest BCUT2D eigenvalue weighted by Gasteiger charge is -2.34. The van der Waals surface area contributed by atoms with Crippen LogP contribution in [0.25, 0.3) is 10.9 Å². The third-order valence-corrected chi connectivity index (χ3v) is 6.40. The van der Waals surface area contributed by atoms with E-state index in [9.17, 15) is 18.8 Å². The van der Waals surface area contributed by atoms with Gasteiger partial charge in [0, 0.05) is 35.8 Å². The molecule has 0 radical (unpaired) electrons. The van der Waals surface area contributed by atoms with Crippen molar-refractivity contribution in [1.29, 1.82) is 0 Å². The summed E-state index contributed by atoms with van der Waals surface area (Å²) in [6, 6.07) is 9.53. The van der Waals surface area contributed by atoms with Gasteiger partial charge in [-0.05, 0) is 37.0 Å². The van der Waals surface area contributed by atoms with Crippen LogP contribution in [0.3, 0.4) is 0 Å². The number of para-hydroxylation sites is 1. The van der Waals surface area contributed by atoms with Crippen LogP contribution in [0.2, 0.25) is 5.02 Å². The Bertz CT molecular complexity index is 1310. The van der Waals surface area contributed by atoms with E-state index in [-0.39, 0.29) is 59.5 Å². The smallest absolute Gasteiger partial charge is 0.325 e. The van der Waals surface area contributed by atoms with Crippen molar-refractivity contribution in [3.05, 3.63) is 58.5 Å². The SMILES string of the molecule is O=C(O)Cn1nc(C(=O)Nc2ccc(Cl)c(F)c2CNC(=O)CN[C@H]2C[C@@H](CO)C2)c2ccccc21. The molecule has 0 spiro atoms. The molecule has 36 heavy (non-hydrogen) atoms. The van der Waals surface area contributed by atoms with Gasteiger partial charge in [-0.1, -0.05) is 29.8 Å². The first-order valence-electron chi connectivity index (χ1n) is 11.3. The molecule has 1 aromatic heterocycles. The summed E-state index contributed by atoms with van der Waals surface area (Å²) in [4.78, 5) is 36.5. The highest BCUT2D eigenvalue weighted by Gasteiger charge is 2.28. The number of carbonyl (C=O) groups is 3. The van der Waals surface area contributed by atoms with Crippen molar-refractivity contribution in [1.82, 2.24) is 20.4 Å². The van der Waals surface area contributed by atoms with Crippen LogP contribution in [0.4, 0.5) is 10.1 Å². The summed E-state index contributed by atoms with van der Waals surface area (Å²) in [5.41, 5.74) is 0.520. The fourth-order valence-corrected chi connectivity index (χ4v) is 4.32. The van der Waals surface area contributed by atoms with Crippen molar-refractivity contribution in [2.75, 3.05) is 18.5 Å². The molecule has 190 valence electrons. The van der Waals surface area contributed by atoms with Crippen molar-refractivity contribution in [3.63, 3.8) is 0 Å². The fourth-order valence-electron chi connectivity index (χ4n) is 4.15. The molecule has 0 unspecified atom stereocenters. The van der Waals surface area contributed by atoms with Crippen LogP contribution >= 0.6 is 11.6 Å². The molecule has 10 nitrogen and oxygen atoms in total. The predicted molar refractivity (Wildman–Crippen MR) is 130 cm³/mol. The van der Waals surface area contributed by atoms with Crippen LogP contribution in [0.15, 0.2) is 36.4 Å². The zero-order valence-corrected chi connectivity index (χ0v) is 19.9. The lowest BCUT2D eigenvalue weighted by molar-refractivity contribution is -0.137. The average Bonchev–Trinajstić information content (AvgIpc) is 3.18. The number of aliphatic hydroxyl groups is 1. The third-order valence-electron chi connectivity index (χ3n) is 6.11. The Morgan fingerprint density at radius 2 is 1.92 bits per heavy atom. The summed E-state index contributed by atoms with van der Waals surface area (Å²) >= 11 is 5.94. The van der Waals surface area contributed by atoms with E-state index in [0.29, 0.717) is 10.9 Å². The number of aliphatic hydroxyl groups excluding tert-OH is 1. The second-order valence-corrected chi connectivity index (χ2v) is 9.04. The van der Waals surface area contributed by atoms with Gasteiger partial charge in [0.1, 0.15) is 12.4 Å². The van der Waals surface area contributed by atoms with Gasteiger partial charge in [-0.25, -0.2) is 4.39 Å². The number of hydrogen-bond donors (Lipinski definition) is 5. The number of anilines is 1. The predicted octanol–water partition coefficient (Wildman–Crippen LogP) is 2.14. The van der Waals surface area contributed by atoms with Gasteiger partial charge in [0.15, 0.2) is 5.69 Å². The zero-order valence-electron chi connectivity index (χ0n) is 19.1. The maximum Gasteiger partial charge on any atom is 0.325 e. The zero-order chi connectivity index (χ0) is 25.8. The van der Waals surface area contributed by atoms with Crippen molar-refractivity contribution in [2.45, 2.75) is 32.0 Å². The lowest BCUT2D eigenvalue weighted by Crippen LogP contribution is -2.46. The number of nitrogens with zero attached hydrogens (tertiary/aromatic N) is 2. The molecule has 12 heteroatoms. The normalized spacial score (nSPS) is 17.0. The Hall–Kier alpha value is -3.54. The highest BCUT2D eigenvalue weighted by molar-refractivity contribution is 6.31. The number of hydrogen-bond acceptors (Lipinski definition) is 6. The number of aliphatic carboxylic acids is 1. The van der Waals surface area contributed by atoms with E-state index in [4.69, 9.17) is 21.8 Å². The number of rotatable bonds is 10. The van der Waals surface area contributed by atoms with E-state index < -0.39 is 24.2 Å². The number of nitrogens with one attached hydrogen (secondary N) is 3. The number of fused-ring (bicyclic) bond motifs is 1. The molecular formula is C24H25ClFN5O5. The molecule has 0 bridgehead atoms. The quantitative estimate of drug-likeness (QED) is 0.277. The third kappa shape index (κ3) is 5.64. The number of benzene rings is 2. The lowest BCUT2D eigenvalue weighted by atomic mass is 9.81. The van der Waals surface area contributed by atoms with Crippen LogP contribution in [0.1, 0.15) is 28.9 Å². The van der Waals surface area contributed by atoms with Gasteiger partial charge in [-0.3, -0.25) is 19.1 Å². The Labute approximate surface area is 210 Å². The number of amides is 2. The molecular weight excluding hydrogens is 493 g/mol. The molecule has 1 aliphatic carbocycles. The van der Waals surface area contributed by atoms with E-state index in [1.165, 1.54) is 16.8 Å². The average molecular weight is 518 g/mol. The molecule has 1 aliphatic rings. The van der Waals surface area contributed by atoms with Crippen LogP contribution < -0.4 is 16.0 Å². The maximum absolute atomic E-state index is 14.9. The fraction of sp³-hybridized carbons (Fsp3) is 0.333. The highest BCUT2D eigenvalue weighted by Crippen LogP contribution is 2.28. The summed E-state index contributed by atoms with van der Waals surface area (Å²) in [5.74, 6) is -2.68. The second kappa shape index (κ2) is 11.0. The molecule has 0 aliphatic heterocycles. The Kier molecular flexibility index (Phi) is 7.82. The molecule has 4 rings (SSSR count). The maximum atomic E-state index is 14.9. The summed E-state index contributed by atoms with van der Waals surface area (Å²) in [7, 11) is 0. The molecule has 0 saturated heterocycles. The van der Waals surface area contributed by atoms with Crippen molar-refractivity contribution in [3.8, 4) is 0 Å². The largest absolute Gasteiger partial charge is 0.480 e. The summed E-state index contributed by atoms with van der Waals surface area (Å²) in [5, 5.41) is 30.9. The standard InChI is InChI=1S/C24H25ClFN5O5/c25-17-5-6-18(16(22(17)26)9-28-20(33)10-27-14-7-13(8-14)12-32)29-24(36)23-15-3-1-2-4-19(15)31(30-23)11-21(34)35/h1-6,13-14,27,32H,7-12H2,(H,28,33)(H,29,36)(H,34,35)/t13-,14+. The van der Waals surface area contributed by atoms with Crippen LogP contribution in [0.5, 0.6) is 0 Å². The summed E-state index contributed by atoms with van der Waals surface area (Å²) in [6.45, 7) is -0.501. The summed E-state index contributed by atoms with van der Waals surface area (Å²) in [6.07, 6.45) is 1.58. The molecule has 1 saturated carbocycles. The minimum Gasteiger partial charge on any atom is -0.480 e. The van der Waals surface area contributed by atoms with Crippen LogP contribution in [-0.2, 0) is 22.7 Å². The number of carbonyl (C=O) groups excluding carboxylic acids is 2. The molecule has 5 N–H and O–H groups in total. The van der Waals surface area contributed by atoms with Crippen LogP contribution in [0, 0.1) is 11.7 Å². The van der Waals surface area contributed by atoms with E-state index >= 15 is 0 Å². The van der Waals surface area contributed by atoms with Crippen LogP contribution in [-0.4, -0.2) is 57.0 Å². The summed E-state index contributed by atoms with van der Waals surface area (Å²) < 4.78 is 16.1. The van der Waals surface area contributed by atoms with Gasteiger partial charge in [-0.15, -0.1) is 0 Å². The Morgan fingerprint density at radius 1 is 1.17 bits per heavy atom. The van der Waals surface area contributed by atoms with Crippen molar-refractivity contribution < 1.29 is 29.0 Å². The highest BCUT2D eigenvalue weighted by atomic mass is 35.5. The second-order valence-electron chi connectivity index (χ2n) is 8.63. The van der Waals surface area contributed by atoms with Gasteiger partial charge < -0.3 is 26.2 Å². The molecule has 2 aromatic carbocycles. The topological polar surface area (TPSA) is 146 Å². The number of aromatic nitrogens is 2. The molecule has 1 heterocycles. The monoisotopic (exact) mass is 517 g/mol. The Morgan fingerprint density at radius 3 is 2.64 bits per heavy atom. The van der Waals surface area contributed by atoms with Crippen molar-refractivity contribution >= 4 is 46.0 Å². The van der Waals surface area contributed by atoms with Gasteiger partial charge in [0.25, 0.3) is 5.91 Å². The van der Waals surface area contributed by atoms with Gasteiger partial charge in [0.05, 0.1) is 17.1 Å². The molecule has 3 aromatic rings. The first-order valence-corrected chi connectivity index (χ1v) is 11.7. The first-order chi connectivity index (χ1) is 17.3. The minimum atomic E-state index is -1.12. The number of halogens is 2.